The number of aromatic nitrogens is 4. The topological polar surface area (TPSA) is 99.3 Å². The Morgan fingerprint density at radius 1 is 0.971 bits per heavy atom. The van der Waals surface area contributed by atoms with Crippen LogP contribution in [0.2, 0.25) is 0 Å². The maximum atomic E-state index is 12.3. The van der Waals surface area contributed by atoms with Gasteiger partial charge in [0.2, 0.25) is 5.95 Å². The minimum Gasteiger partial charge on any atom is -0.444 e. The molecule has 1 amide bonds. The first-order valence-corrected chi connectivity index (χ1v) is 11.7. The normalized spacial score (nSPS) is 14.3. The van der Waals surface area contributed by atoms with Crippen LogP contribution in [0.25, 0.3) is 22.2 Å². The number of aromatic amines is 1. The minimum absolute atomic E-state index is 0.277. The van der Waals surface area contributed by atoms with Gasteiger partial charge in [-0.15, -0.1) is 0 Å². The Labute approximate surface area is 204 Å². The van der Waals surface area contributed by atoms with E-state index >= 15 is 0 Å². The predicted octanol–water partition coefficient (Wildman–Crippen LogP) is 4.82. The van der Waals surface area contributed by atoms with Gasteiger partial charge in [0.05, 0.1) is 0 Å². The van der Waals surface area contributed by atoms with Crippen LogP contribution >= 0.6 is 0 Å². The fraction of sp³-hybridized carbons (Fsp3) is 0.308. The quantitative estimate of drug-likeness (QED) is 0.440. The van der Waals surface area contributed by atoms with Gasteiger partial charge in [-0.3, -0.25) is 0 Å². The number of anilines is 3. The average Bonchev–Trinajstić information content (AvgIpc) is 3.33. The Bertz CT molecular complexity index is 1320. The molecule has 0 saturated carbocycles. The molecule has 35 heavy (non-hydrogen) atoms. The molecule has 3 aromatic heterocycles. The molecule has 1 aromatic carbocycles. The third-order valence-electron chi connectivity index (χ3n) is 5.79. The van der Waals surface area contributed by atoms with Crippen molar-refractivity contribution >= 4 is 34.6 Å². The molecule has 0 spiro atoms. The molecule has 180 valence electrons. The second kappa shape index (κ2) is 9.25. The maximum Gasteiger partial charge on any atom is 0.410 e. The van der Waals surface area contributed by atoms with Crippen LogP contribution in [0.3, 0.4) is 0 Å². The number of hydrogen-bond acceptors (Lipinski definition) is 7. The van der Waals surface area contributed by atoms with Crippen molar-refractivity contribution in [3.8, 4) is 11.1 Å². The van der Waals surface area contributed by atoms with E-state index in [4.69, 9.17) is 9.72 Å². The summed E-state index contributed by atoms with van der Waals surface area (Å²) in [5.41, 5.74) is 3.58. The lowest BCUT2D eigenvalue weighted by atomic mass is 10.0. The highest BCUT2D eigenvalue weighted by Gasteiger charge is 2.26. The number of fused-ring (bicyclic) bond motifs is 1. The highest BCUT2D eigenvalue weighted by atomic mass is 16.6. The van der Waals surface area contributed by atoms with E-state index in [0.717, 1.165) is 27.8 Å². The number of H-pyrrole nitrogens is 1. The summed E-state index contributed by atoms with van der Waals surface area (Å²) in [5.74, 6) is 1.36. The summed E-state index contributed by atoms with van der Waals surface area (Å²) in [6, 6.07) is 14.2. The Balaban J connectivity index is 1.23. The van der Waals surface area contributed by atoms with Gasteiger partial charge in [0.25, 0.3) is 0 Å². The lowest BCUT2D eigenvalue weighted by molar-refractivity contribution is 0.0240. The number of piperazine rings is 1. The molecule has 0 aliphatic carbocycles. The zero-order valence-electron chi connectivity index (χ0n) is 20.2. The number of pyridine rings is 1. The van der Waals surface area contributed by atoms with Crippen molar-refractivity contribution in [3.63, 3.8) is 0 Å². The zero-order valence-corrected chi connectivity index (χ0v) is 20.2. The van der Waals surface area contributed by atoms with E-state index < -0.39 is 5.60 Å². The van der Waals surface area contributed by atoms with Crippen LogP contribution < -0.4 is 10.2 Å². The van der Waals surface area contributed by atoms with Crippen LogP contribution in [0.1, 0.15) is 20.8 Å². The van der Waals surface area contributed by atoms with Crippen molar-refractivity contribution < 1.29 is 9.53 Å². The van der Waals surface area contributed by atoms with Gasteiger partial charge in [0.15, 0.2) is 0 Å². The molecule has 1 aliphatic rings. The van der Waals surface area contributed by atoms with E-state index in [0.29, 0.717) is 37.9 Å². The van der Waals surface area contributed by atoms with Crippen molar-refractivity contribution in [3.05, 3.63) is 61.1 Å². The van der Waals surface area contributed by atoms with Gasteiger partial charge < -0.3 is 24.8 Å². The molecule has 1 aliphatic heterocycles. The molecule has 2 N–H and O–H groups in total. The van der Waals surface area contributed by atoms with E-state index in [2.05, 4.69) is 37.3 Å². The number of benzene rings is 1. The van der Waals surface area contributed by atoms with Gasteiger partial charge in [0, 0.05) is 55.8 Å². The number of carbonyl (C=O) groups excluding carboxylic acids is 1. The molecule has 1 fully saturated rings. The molecule has 0 atom stereocenters. The monoisotopic (exact) mass is 471 g/mol. The third kappa shape index (κ3) is 5.18. The first-order chi connectivity index (χ1) is 16.9. The fourth-order valence-electron chi connectivity index (χ4n) is 4.08. The number of nitrogens with zero attached hydrogens (tertiary/aromatic N) is 5. The fourth-order valence-corrected chi connectivity index (χ4v) is 4.08. The summed E-state index contributed by atoms with van der Waals surface area (Å²) in [5, 5.41) is 4.46. The molecule has 4 heterocycles. The standard InChI is InChI=1S/C26H29N7O2/c1-26(2,3)35-25(34)33-16-14-32(15-17-33)24-29-13-10-22(31-24)30-19-6-4-18(5-7-19)20-8-11-27-23-21(20)9-12-28-23/h4-13H,14-17H2,1-3H3,(H,27,28)(H,29,30,31). The first-order valence-electron chi connectivity index (χ1n) is 11.7. The number of hydrogen-bond donors (Lipinski definition) is 2. The number of nitrogens with one attached hydrogen (secondary N) is 2. The van der Waals surface area contributed by atoms with Crippen LogP contribution in [0, 0.1) is 0 Å². The molecule has 1 saturated heterocycles. The summed E-state index contributed by atoms with van der Waals surface area (Å²) < 4.78 is 5.48. The summed E-state index contributed by atoms with van der Waals surface area (Å²) in [6.07, 6.45) is 5.19. The first kappa shape index (κ1) is 22.6. The van der Waals surface area contributed by atoms with Gasteiger partial charge in [-0.1, -0.05) is 12.1 Å². The Kier molecular flexibility index (Phi) is 5.98. The lowest BCUT2D eigenvalue weighted by Gasteiger charge is -2.35. The highest BCUT2D eigenvalue weighted by Crippen LogP contribution is 2.28. The van der Waals surface area contributed by atoms with E-state index in [9.17, 15) is 4.79 Å². The minimum atomic E-state index is -0.498. The van der Waals surface area contributed by atoms with Gasteiger partial charge in [-0.2, -0.15) is 4.98 Å². The van der Waals surface area contributed by atoms with E-state index in [1.807, 2.05) is 63.5 Å². The molecular weight excluding hydrogens is 442 g/mol. The second-order valence-electron chi connectivity index (χ2n) is 9.50. The second-order valence-corrected chi connectivity index (χ2v) is 9.50. The molecule has 4 aromatic rings. The number of amides is 1. The van der Waals surface area contributed by atoms with Gasteiger partial charge in [0.1, 0.15) is 17.1 Å². The van der Waals surface area contributed by atoms with Gasteiger partial charge in [-0.25, -0.2) is 14.8 Å². The van der Waals surface area contributed by atoms with Crippen molar-refractivity contribution in [1.29, 1.82) is 0 Å². The molecule has 0 unspecified atom stereocenters. The molecular formula is C26H29N7O2. The summed E-state index contributed by atoms with van der Waals surface area (Å²) in [4.78, 5) is 32.8. The number of carbonyl (C=O) groups is 1. The average molecular weight is 472 g/mol. The van der Waals surface area contributed by atoms with Gasteiger partial charge >= 0.3 is 6.09 Å². The number of rotatable bonds is 4. The lowest BCUT2D eigenvalue weighted by Crippen LogP contribution is -2.50. The highest BCUT2D eigenvalue weighted by molar-refractivity contribution is 5.93. The van der Waals surface area contributed by atoms with Crippen LogP contribution in [0.5, 0.6) is 0 Å². The van der Waals surface area contributed by atoms with Crippen LogP contribution in [-0.2, 0) is 4.74 Å². The summed E-state index contributed by atoms with van der Waals surface area (Å²) in [7, 11) is 0. The van der Waals surface area contributed by atoms with Crippen LogP contribution in [-0.4, -0.2) is 62.7 Å². The van der Waals surface area contributed by atoms with Crippen molar-refractivity contribution in [2.24, 2.45) is 0 Å². The summed E-state index contributed by atoms with van der Waals surface area (Å²) in [6.45, 7) is 8.07. The van der Waals surface area contributed by atoms with Crippen molar-refractivity contribution in [2.75, 3.05) is 36.4 Å². The van der Waals surface area contributed by atoms with E-state index in [1.54, 1.807) is 11.1 Å². The predicted molar refractivity (Wildman–Crippen MR) is 137 cm³/mol. The Morgan fingerprint density at radius 3 is 2.46 bits per heavy atom. The largest absolute Gasteiger partial charge is 0.444 e. The van der Waals surface area contributed by atoms with Crippen LogP contribution in [0.15, 0.2) is 61.1 Å². The summed E-state index contributed by atoms with van der Waals surface area (Å²) >= 11 is 0. The van der Waals surface area contributed by atoms with Crippen molar-refractivity contribution in [1.82, 2.24) is 24.8 Å². The van der Waals surface area contributed by atoms with Crippen molar-refractivity contribution in [2.45, 2.75) is 26.4 Å². The third-order valence-corrected chi connectivity index (χ3v) is 5.79. The smallest absolute Gasteiger partial charge is 0.410 e. The van der Waals surface area contributed by atoms with E-state index in [1.165, 1.54) is 0 Å². The van der Waals surface area contributed by atoms with Gasteiger partial charge in [-0.05, 0) is 62.2 Å². The molecule has 9 nitrogen and oxygen atoms in total. The Hall–Kier alpha value is -4.14. The molecule has 5 rings (SSSR count). The molecule has 9 heteroatoms. The molecule has 0 bridgehead atoms. The maximum absolute atomic E-state index is 12.3. The molecule has 0 radical (unpaired) electrons. The van der Waals surface area contributed by atoms with E-state index in [-0.39, 0.29) is 6.09 Å². The SMILES string of the molecule is CC(C)(C)OC(=O)N1CCN(c2nccc(Nc3ccc(-c4ccnc5[nH]ccc45)cc3)n2)CC1. The Morgan fingerprint density at radius 2 is 1.71 bits per heavy atom. The number of ether oxygens (including phenoxy) is 1. The van der Waals surface area contributed by atoms with Crippen LogP contribution in [0.4, 0.5) is 22.2 Å². The zero-order chi connectivity index (χ0) is 24.4.